The lowest BCUT2D eigenvalue weighted by atomic mass is 9.90. The van der Waals surface area contributed by atoms with Crippen LogP contribution in [0.25, 0.3) is 0 Å². The van der Waals surface area contributed by atoms with Gasteiger partial charge in [0.2, 0.25) is 11.8 Å². The molecule has 5 aliphatic rings. The summed E-state index contributed by atoms with van der Waals surface area (Å²) in [5.41, 5.74) is 4.76. The average molecular weight is 763 g/mol. The fraction of sp³-hybridized carbons (Fsp3) is 0.429. The summed E-state index contributed by atoms with van der Waals surface area (Å²) in [4.78, 5) is 69.4. The number of ether oxygens (including phenoxy) is 1. The third-order valence-electron chi connectivity index (χ3n) is 12.1. The molecule has 3 fully saturated rings. The molecule has 0 aromatic heterocycles. The van der Waals surface area contributed by atoms with Gasteiger partial charge in [-0.15, -0.1) is 0 Å². The minimum Gasteiger partial charge on any atom is -0.490 e. The van der Waals surface area contributed by atoms with E-state index in [1.165, 1.54) is 0 Å². The fourth-order valence-electron chi connectivity index (χ4n) is 8.96. The van der Waals surface area contributed by atoms with Crippen LogP contribution < -0.4 is 20.3 Å². The summed E-state index contributed by atoms with van der Waals surface area (Å²) < 4.78 is 6.35. The predicted molar refractivity (Wildman–Crippen MR) is 204 cm³/mol. The van der Waals surface area contributed by atoms with Crippen LogP contribution in [0.15, 0.2) is 54.6 Å². The van der Waals surface area contributed by atoms with E-state index in [-0.39, 0.29) is 30.9 Å². The number of rotatable bonds is 8. The van der Waals surface area contributed by atoms with Gasteiger partial charge < -0.3 is 15.0 Å². The molecule has 0 unspecified atom stereocenters. The van der Waals surface area contributed by atoms with Crippen molar-refractivity contribution < 1.29 is 28.7 Å². The first kappa shape index (κ1) is 36.7. The van der Waals surface area contributed by atoms with Gasteiger partial charge in [0.25, 0.3) is 17.7 Å². The van der Waals surface area contributed by atoms with E-state index in [2.05, 4.69) is 26.5 Å². The lowest BCUT2D eigenvalue weighted by Crippen LogP contribution is -2.54. The molecule has 55 heavy (non-hydrogen) atoms. The van der Waals surface area contributed by atoms with Gasteiger partial charge in [-0.2, -0.15) is 5.26 Å². The van der Waals surface area contributed by atoms with E-state index < -0.39 is 29.7 Å². The predicted octanol–water partition coefficient (Wildman–Crippen LogP) is 5.50. The topological polar surface area (TPSA) is 152 Å². The number of nitrogens with one attached hydrogen (secondary N) is 2. The molecule has 3 aliphatic heterocycles. The van der Waals surface area contributed by atoms with E-state index in [0.717, 1.165) is 78.8 Å². The molecule has 13 heteroatoms. The Morgan fingerprint density at radius 3 is 2.13 bits per heavy atom. The number of carbonyl (C=O) groups excluding carboxylic acids is 5. The van der Waals surface area contributed by atoms with Crippen molar-refractivity contribution in [2.75, 3.05) is 11.9 Å². The van der Waals surface area contributed by atoms with Crippen LogP contribution in [0.3, 0.4) is 0 Å². The molecule has 12 nitrogen and oxygen atoms in total. The highest BCUT2D eigenvalue weighted by Gasteiger charge is 2.45. The van der Waals surface area contributed by atoms with Gasteiger partial charge in [0.15, 0.2) is 0 Å². The second-order valence-corrected chi connectivity index (χ2v) is 15.9. The number of carbonyl (C=O) groups is 5. The molecule has 1 saturated heterocycles. The van der Waals surface area contributed by atoms with Crippen LogP contribution in [-0.4, -0.2) is 76.7 Å². The maximum Gasteiger partial charge on any atom is 0.262 e. The Morgan fingerprint density at radius 2 is 1.53 bits per heavy atom. The highest BCUT2D eigenvalue weighted by molar-refractivity contribution is 6.32. The number of piperidine rings is 1. The number of halogens is 1. The van der Waals surface area contributed by atoms with E-state index in [1.807, 2.05) is 55.6 Å². The van der Waals surface area contributed by atoms with Gasteiger partial charge in [0.1, 0.15) is 17.9 Å². The second kappa shape index (κ2) is 15.1. The van der Waals surface area contributed by atoms with Crippen molar-refractivity contribution in [1.29, 1.82) is 5.26 Å². The first-order valence-corrected chi connectivity index (χ1v) is 19.6. The highest BCUT2D eigenvalue weighted by Crippen LogP contribution is 2.37. The van der Waals surface area contributed by atoms with Crippen molar-refractivity contribution in [2.24, 2.45) is 0 Å². The summed E-state index contributed by atoms with van der Waals surface area (Å²) in [5, 5.41) is 15.1. The van der Waals surface area contributed by atoms with Gasteiger partial charge in [-0.1, -0.05) is 11.6 Å². The van der Waals surface area contributed by atoms with E-state index in [9.17, 15) is 29.2 Å². The zero-order valence-corrected chi connectivity index (χ0v) is 31.4. The smallest absolute Gasteiger partial charge is 0.262 e. The molecule has 3 aromatic rings. The maximum atomic E-state index is 13.3. The zero-order chi connectivity index (χ0) is 38.4. The number of hydrogen-bond donors (Lipinski definition) is 2. The van der Waals surface area contributed by atoms with Gasteiger partial charge in [0, 0.05) is 55.9 Å². The number of fused-ring (bicyclic) bond motifs is 2. The van der Waals surface area contributed by atoms with Gasteiger partial charge in [-0.25, -0.2) is 0 Å². The normalized spacial score (nSPS) is 25.2. The van der Waals surface area contributed by atoms with Crippen molar-refractivity contribution in [1.82, 2.24) is 20.4 Å². The molecular weight excluding hydrogens is 720 g/mol. The molecule has 2 N–H and O–H groups in total. The summed E-state index contributed by atoms with van der Waals surface area (Å²) in [6.45, 7) is 1.38. The summed E-state index contributed by atoms with van der Waals surface area (Å²) >= 11 is 6.26. The second-order valence-electron chi connectivity index (χ2n) is 15.5. The minimum atomic E-state index is -0.968. The van der Waals surface area contributed by atoms with E-state index in [0.29, 0.717) is 52.4 Å². The molecule has 2 saturated carbocycles. The molecular formula is C42H43ClN6O6. The number of nitrogens with zero attached hydrogens (tertiary/aromatic N) is 4. The molecule has 0 radical (unpaired) electrons. The van der Waals surface area contributed by atoms with E-state index in [1.54, 1.807) is 6.07 Å². The van der Waals surface area contributed by atoms with Gasteiger partial charge in [-0.3, -0.25) is 39.1 Å². The van der Waals surface area contributed by atoms with Crippen molar-refractivity contribution in [3.63, 3.8) is 0 Å². The van der Waals surface area contributed by atoms with Crippen LogP contribution in [-0.2, 0) is 22.7 Å². The van der Waals surface area contributed by atoms with Gasteiger partial charge >= 0.3 is 0 Å². The van der Waals surface area contributed by atoms with Gasteiger partial charge in [-0.05, 0) is 124 Å². The lowest BCUT2D eigenvalue weighted by Gasteiger charge is -2.36. The molecule has 0 bridgehead atoms. The van der Waals surface area contributed by atoms with Crippen LogP contribution in [0.1, 0.15) is 112 Å². The molecule has 1 atom stereocenters. The molecule has 5 amide bonds. The SMILES string of the molecule is CN(c1ccc(C#N)c(Cl)c1)C1CCC(NC(=O)c2ccc(OC3CCC(N4Cc5cc6c(cc5C4)C(=O)N([C@H]4CCC(=O)NC4=O)C6=O)CC3)cc2)CC1. The molecule has 0 spiro atoms. The third kappa shape index (κ3) is 7.31. The molecule has 8 rings (SSSR count). The van der Waals surface area contributed by atoms with Crippen molar-refractivity contribution in [3.8, 4) is 11.8 Å². The fourth-order valence-corrected chi connectivity index (χ4v) is 9.18. The standard InChI is InChI=1S/C42H43ClN6O6/c1-47(31-7-2-25(21-44)36(43)20-31)29-8-5-28(6-9-29)45-39(51)24-3-12-32(13-4-24)55-33-14-10-30(11-15-33)48-22-26-18-34-35(19-27(26)23-48)42(54)49(41(34)53)37-16-17-38(50)46-40(37)52/h2-4,7,12-13,18-20,28-30,33,37H,5-6,8-11,14-17,22-23H2,1H3,(H,45,51)(H,46,50,52)/t28?,29?,30?,33?,37-/m0/s1. The number of nitriles is 1. The van der Waals surface area contributed by atoms with Gasteiger partial charge in [0.05, 0.1) is 27.8 Å². The Hall–Kier alpha value is -5.25. The summed E-state index contributed by atoms with van der Waals surface area (Å²) in [6.07, 6.45) is 7.65. The van der Waals surface area contributed by atoms with Crippen LogP contribution in [0, 0.1) is 11.3 Å². The average Bonchev–Trinajstić information content (AvgIpc) is 3.71. The zero-order valence-electron chi connectivity index (χ0n) is 30.7. The van der Waals surface area contributed by atoms with E-state index >= 15 is 0 Å². The Kier molecular flexibility index (Phi) is 10.1. The largest absolute Gasteiger partial charge is 0.490 e. The Balaban J connectivity index is 0.784. The molecule has 3 heterocycles. The number of anilines is 1. The van der Waals surface area contributed by atoms with Crippen molar-refractivity contribution in [2.45, 2.75) is 108 Å². The van der Waals surface area contributed by atoms with Crippen LogP contribution >= 0.6 is 11.6 Å². The Labute approximate surface area is 324 Å². The summed E-state index contributed by atoms with van der Waals surface area (Å²) in [6, 6.07) is 18.5. The maximum absolute atomic E-state index is 13.3. The Bertz CT molecular complexity index is 2050. The number of imide groups is 2. The molecule has 2 aliphatic carbocycles. The number of hydrogen-bond acceptors (Lipinski definition) is 9. The van der Waals surface area contributed by atoms with Crippen LogP contribution in [0.4, 0.5) is 5.69 Å². The first-order valence-electron chi connectivity index (χ1n) is 19.2. The van der Waals surface area contributed by atoms with Crippen LogP contribution in [0.5, 0.6) is 5.75 Å². The monoisotopic (exact) mass is 762 g/mol. The summed E-state index contributed by atoms with van der Waals surface area (Å²) in [5.74, 6) is -1.28. The molecule has 284 valence electrons. The lowest BCUT2D eigenvalue weighted by molar-refractivity contribution is -0.136. The molecule has 3 aromatic carbocycles. The Morgan fingerprint density at radius 1 is 0.873 bits per heavy atom. The quantitative estimate of drug-likeness (QED) is 0.284. The van der Waals surface area contributed by atoms with Crippen molar-refractivity contribution >= 4 is 46.8 Å². The van der Waals surface area contributed by atoms with Crippen LogP contribution in [0.2, 0.25) is 5.02 Å². The van der Waals surface area contributed by atoms with E-state index in [4.69, 9.17) is 16.3 Å². The summed E-state index contributed by atoms with van der Waals surface area (Å²) in [7, 11) is 2.05. The highest BCUT2D eigenvalue weighted by atomic mass is 35.5. The third-order valence-corrected chi connectivity index (χ3v) is 12.5. The minimum absolute atomic E-state index is 0.0758. The first-order chi connectivity index (χ1) is 26.6. The number of benzene rings is 3. The van der Waals surface area contributed by atoms with Crippen molar-refractivity contribution in [3.05, 3.63) is 93.0 Å². The number of amides is 5.